The summed E-state index contributed by atoms with van der Waals surface area (Å²) in [4.78, 5) is 40.6. The second-order valence-corrected chi connectivity index (χ2v) is 8.33. The molecule has 2 fully saturated rings. The molecule has 1 aliphatic carbocycles. The number of halogens is 3. The Morgan fingerprint density at radius 1 is 1.21 bits per heavy atom. The molecule has 2 bridgehead atoms. The van der Waals surface area contributed by atoms with E-state index in [0.29, 0.717) is 12.1 Å². The SMILES string of the molecule is COc1c2n(cc(C(=O)NCc3c(F)cc(F)cc3F)c1=O)C[C@H]1O[C@@H]3CC[C@H](C3)N1C2=O. The van der Waals surface area contributed by atoms with Crippen molar-refractivity contribution in [1.82, 2.24) is 14.8 Å². The van der Waals surface area contributed by atoms with Gasteiger partial charge in [-0.1, -0.05) is 0 Å². The van der Waals surface area contributed by atoms with Crippen LogP contribution in [0.2, 0.25) is 0 Å². The van der Waals surface area contributed by atoms with Crippen molar-refractivity contribution in [3.05, 3.63) is 62.8 Å². The second-order valence-electron chi connectivity index (χ2n) is 8.33. The number of carbonyl (C=O) groups excluding carboxylic acids is 2. The summed E-state index contributed by atoms with van der Waals surface area (Å²) in [6.45, 7) is -0.408. The molecule has 0 spiro atoms. The molecule has 3 heterocycles. The molecule has 1 aromatic heterocycles. The number of carbonyl (C=O) groups is 2. The average molecular weight is 463 g/mol. The van der Waals surface area contributed by atoms with Gasteiger partial charge < -0.3 is 24.3 Å². The topological polar surface area (TPSA) is 89.9 Å². The molecule has 11 heteroatoms. The van der Waals surface area contributed by atoms with Crippen LogP contribution < -0.4 is 15.5 Å². The number of ether oxygens (including phenoxy) is 2. The van der Waals surface area contributed by atoms with Gasteiger partial charge in [0.2, 0.25) is 5.43 Å². The lowest BCUT2D eigenvalue weighted by molar-refractivity contribution is -0.132. The highest BCUT2D eigenvalue weighted by atomic mass is 19.1. The first-order valence-corrected chi connectivity index (χ1v) is 10.5. The number of amides is 2. The van der Waals surface area contributed by atoms with Crippen LogP contribution in [0.5, 0.6) is 5.75 Å². The van der Waals surface area contributed by atoms with Crippen molar-refractivity contribution < 1.29 is 32.2 Å². The van der Waals surface area contributed by atoms with Crippen molar-refractivity contribution in [2.75, 3.05) is 7.11 Å². The molecule has 0 radical (unpaired) electrons. The minimum absolute atomic E-state index is 0.0262. The highest BCUT2D eigenvalue weighted by Gasteiger charge is 2.47. The molecule has 8 nitrogen and oxygen atoms in total. The third-order valence-corrected chi connectivity index (χ3v) is 6.42. The monoisotopic (exact) mass is 463 g/mol. The van der Waals surface area contributed by atoms with E-state index in [1.165, 1.54) is 17.9 Å². The number of nitrogens with zero attached hydrogens (tertiary/aromatic N) is 2. The highest BCUT2D eigenvalue weighted by molar-refractivity contribution is 5.99. The van der Waals surface area contributed by atoms with Gasteiger partial charge in [0.05, 0.1) is 19.8 Å². The molecule has 3 aliphatic rings. The van der Waals surface area contributed by atoms with Crippen molar-refractivity contribution in [3.8, 4) is 5.75 Å². The van der Waals surface area contributed by atoms with Crippen molar-refractivity contribution >= 4 is 11.8 Å². The van der Waals surface area contributed by atoms with Crippen LogP contribution in [0.3, 0.4) is 0 Å². The van der Waals surface area contributed by atoms with Gasteiger partial charge in [-0.25, -0.2) is 13.2 Å². The van der Waals surface area contributed by atoms with Crippen LogP contribution >= 0.6 is 0 Å². The van der Waals surface area contributed by atoms with Crippen LogP contribution in [0.1, 0.15) is 45.7 Å². The Labute approximate surface area is 185 Å². The summed E-state index contributed by atoms with van der Waals surface area (Å²) in [7, 11) is 1.22. The predicted octanol–water partition coefficient (Wildman–Crippen LogP) is 1.94. The Balaban J connectivity index is 1.47. The Bertz CT molecular complexity index is 1210. The maximum Gasteiger partial charge on any atom is 0.276 e. The maximum absolute atomic E-state index is 13.9. The standard InChI is InChI=1S/C22H20F3N3O5/c1-32-20-18-22(31)28-11-2-3-12(6-11)33-17(28)9-27(18)8-14(19(20)29)21(30)26-7-13-15(24)4-10(23)5-16(13)25/h4-5,8,11-12,17H,2-3,6-7,9H2,1H3,(H,26,30)/t11-,12-,17-/m1/s1. The zero-order chi connectivity index (χ0) is 23.4. The third kappa shape index (κ3) is 3.47. The number of fused-ring (bicyclic) bond motifs is 5. The molecule has 1 saturated carbocycles. The lowest BCUT2D eigenvalue weighted by atomic mass is 10.1. The molecule has 5 rings (SSSR count). The quantitative estimate of drug-likeness (QED) is 0.749. The first kappa shape index (κ1) is 21.5. The smallest absolute Gasteiger partial charge is 0.276 e. The summed E-state index contributed by atoms with van der Waals surface area (Å²) in [5, 5.41) is 2.27. The maximum atomic E-state index is 13.9. The van der Waals surface area contributed by atoms with E-state index in [4.69, 9.17) is 9.47 Å². The Kier molecular flexibility index (Phi) is 5.15. The molecule has 1 saturated heterocycles. The third-order valence-electron chi connectivity index (χ3n) is 6.42. The zero-order valence-corrected chi connectivity index (χ0v) is 17.6. The average Bonchev–Trinajstić information content (AvgIpc) is 3.13. The summed E-state index contributed by atoms with van der Waals surface area (Å²) in [6.07, 6.45) is 3.17. The van der Waals surface area contributed by atoms with Gasteiger partial charge in [0.15, 0.2) is 17.7 Å². The van der Waals surface area contributed by atoms with Gasteiger partial charge in [0.1, 0.15) is 23.0 Å². The first-order valence-electron chi connectivity index (χ1n) is 10.5. The van der Waals surface area contributed by atoms with E-state index in [9.17, 15) is 27.6 Å². The van der Waals surface area contributed by atoms with E-state index < -0.39 is 53.0 Å². The van der Waals surface area contributed by atoms with Gasteiger partial charge in [0, 0.05) is 36.5 Å². The lowest BCUT2D eigenvalue weighted by Gasteiger charge is -2.44. The molecule has 3 atom stereocenters. The lowest BCUT2D eigenvalue weighted by Crippen LogP contribution is -2.57. The molecular formula is C22H20F3N3O5. The van der Waals surface area contributed by atoms with E-state index >= 15 is 0 Å². The summed E-state index contributed by atoms with van der Waals surface area (Å²) in [6, 6.07) is 1.02. The predicted molar refractivity (Wildman–Crippen MR) is 107 cm³/mol. The summed E-state index contributed by atoms with van der Waals surface area (Å²) >= 11 is 0. The molecule has 174 valence electrons. The largest absolute Gasteiger partial charge is 0.491 e. The van der Waals surface area contributed by atoms with E-state index in [2.05, 4.69) is 5.32 Å². The first-order chi connectivity index (χ1) is 15.8. The minimum atomic E-state index is -1.16. The summed E-state index contributed by atoms with van der Waals surface area (Å²) in [5.41, 5.74) is -1.71. The number of pyridine rings is 1. The molecule has 33 heavy (non-hydrogen) atoms. The number of aromatic nitrogens is 1. The van der Waals surface area contributed by atoms with Gasteiger partial charge in [-0.3, -0.25) is 14.4 Å². The van der Waals surface area contributed by atoms with Gasteiger partial charge >= 0.3 is 0 Å². The van der Waals surface area contributed by atoms with Crippen LogP contribution in [0, 0.1) is 17.5 Å². The number of rotatable bonds is 4. The normalized spacial score (nSPS) is 23.2. The van der Waals surface area contributed by atoms with Crippen molar-refractivity contribution in [2.24, 2.45) is 0 Å². The fourth-order valence-corrected chi connectivity index (χ4v) is 4.89. The number of nitrogens with one attached hydrogen (secondary N) is 1. The summed E-state index contributed by atoms with van der Waals surface area (Å²) < 4.78 is 53.5. The van der Waals surface area contributed by atoms with E-state index in [1.807, 2.05) is 0 Å². The Morgan fingerprint density at radius 3 is 2.64 bits per heavy atom. The van der Waals surface area contributed by atoms with Crippen LogP contribution in [0.15, 0.2) is 23.1 Å². The fourth-order valence-electron chi connectivity index (χ4n) is 4.89. The molecular weight excluding hydrogens is 443 g/mol. The van der Waals surface area contributed by atoms with E-state index in [1.54, 1.807) is 4.90 Å². The zero-order valence-electron chi connectivity index (χ0n) is 17.6. The molecule has 2 aliphatic heterocycles. The van der Waals surface area contributed by atoms with Crippen LogP contribution in [-0.2, 0) is 17.8 Å². The Morgan fingerprint density at radius 2 is 1.94 bits per heavy atom. The minimum Gasteiger partial charge on any atom is -0.491 e. The summed E-state index contributed by atoms with van der Waals surface area (Å²) in [5.74, 6) is -5.03. The number of hydrogen-bond donors (Lipinski definition) is 1. The van der Waals surface area contributed by atoms with E-state index in [-0.39, 0.29) is 35.7 Å². The molecule has 0 unspecified atom stereocenters. The molecule has 1 N–H and O–H groups in total. The molecule has 2 amide bonds. The molecule has 1 aromatic carbocycles. The number of hydrogen-bond acceptors (Lipinski definition) is 5. The number of benzene rings is 1. The van der Waals surface area contributed by atoms with Crippen LogP contribution in [0.4, 0.5) is 13.2 Å². The van der Waals surface area contributed by atoms with Gasteiger partial charge in [-0.15, -0.1) is 0 Å². The van der Waals surface area contributed by atoms with Crippen molar-refractivity contribution in [2.45, 2.75) is 50.7 Å². The Hall–Kier alpha value is -3.34. The van der Waals surface area contributed by atoms with Crippen molar-refractivity contribution in [3.63, 3.8) is 0 Å². The van der Waals surface area contributed by atoms with Gasteiger partial charge in [-0.05, 0) is 19.3 Å². The van der Waals surface area contributed by atoms with E-state index in [0.717, 1.165) is 19.3 Å². The van der Waals surface area contributed by atoms with Crippen molar-refractivity contribution in [1.29, 1.82) is 0 Å². The highest BCUT2D eigenvalue weighted by Crippen LogP contribution is 2.38. The fraction of sp³-hybridized carbons (Fsp3) is 0.409. The van der Waals surface area contributed by atoms with Gasteiger partial charge in [0.25, 0.3) is 11.8 Å². The second kappa shape index (κ2) is 7.91. The van der Waals surface area contributed by atoms with Gasteiger partial charge in [-0.2, -0.15) is 0 Å². The van der Waals surface area contributed by atoms with Crippen LogP contribution in [-0.4, -0.2) is 46.8 Å². The van der Waals surface area contributed by atoms with Crippen LogP contribution in [0.25, 0.3) is 0 Å². The molecule has 2 aromatic rings. The number of methoxy groups -OCH3 is 1.